The third-order valence-corrected chi connectivity index (χ3v) is 6.75. The van der Waals surface area contributed by atoms with Crippen molar-refractivity contribution in [1.82, 2.24) is 19.9 Å². The number of carbonyl (C=O) groups excluding carboxylic acids is 1. The number of benzene rings is 1. The van der Waals surface area contributed by atoms with Crippen LogP contribution in [0.4, 0.5) is 23.8 Å². The number of halogens is 3. The number of nitrogens with one attached hydrogen (secondary N) is 2. The molecule has 0 atom stereocenters. The van der Waals surface area contributed by atoms with Gasteiger partial charge in [0.25, 0.3) is 0 Å². The number of hydrogen-bond donors (Lipinski definition) is 3. The Morgan fingerprint density at radius 2 is 1.98 bits per heavy atom. The Morgan fingerprint density at radius 3 is 2.62 bits per heavy atom. The normalized spacial score (nSPS) is 11.5. The van der Waals surface area contributed by atoms with Gasteiger partial charge in [0.1, 0.15) is 16.4 Å². The van der Waals surface area contributed by atoms with Crippen LogP contribution in [-0.2, 0) is 17.5 Å². The number of carboxylic acids is 1. The van der Waals surface area contributed by atoms with Gasteiger partial charge in [0.15, 0.2) is 5.69 Å². The van der Waals surface area contributed by atoms with Gasteiger partial charge in [0.05, 0.1) is 5.52 Å². The number of urea groups is 1. The lowest BCUT2D eigenvalue weighted by Crippen LogP contribution is -2.28. The first-order valence-corrected chi connectivity index (χ1v) is 12.9. The van der Waals surface area contributed by atoms with E-state index in [9.17, 15) is 32.7 Å². The molecule has 0 aliphatic carbocycles. The summed E-state index contributed by atoms with van der Waals surface area (Å²) >= 11 is 0.760. The summed E-state index contributed by atoms with van der Waals surface area (Å²) in [6.07, 6.45) is -1.46. The van der Waals surface area contributed by atoms with Crippen molar-refractivity contribution in [2.45, 2.75) is 26.1 Å². The number of hydrogen-bond acceptors (Lipinski definition) is 7. The smallest absolute Gasteiger partial charge is 0.434 e. The molecule has 14 heteroatoms. The van der Waals surface area contributed by atoms with E-state index in [1.54, 1.807) is 30.7 Å². The summed E-state index contributed by atoms with van der Waals surface area (Å²) in [5.74, 6) is -1.31. The minimum Gasteiger partial charge on any atom is -0.477 e. The second-order valence-electron chi connectivity index (χ2n) is 8.58. The summed E-state index contributed by atoms with van der Waals surface area (Å²) < 4.78 is 46.7. The summed E-state index contributed by atoms with van der Waals surface area (Å²) in [6, 6.07) is 5.62. The molecule has 210 valence electrons. The van der Waals surface area contributed by atoms with E-state index in [0.29, 0.717) is 42.8 Å². The van der Waals surface area contributed by atoms with Crippen molar-refractivity contribution in [2.24, 2.45) is 0 Å². The number of carboxylic acid groups (broad SMARTS) is 1. The number of aryl methyl sites for hydroxylation is 1. The van der Waals surface area contributed by atoms with Crippen molar-refractivity contribution in [3.63, 3.8) is 0 Å². The number of carbonyl (C=O) groups is 2. The predicted octanol–water partition coefficient (Wildman–Crippen LogP) is 5.08. The standard InChI is InChI=1S/C26H24F3N5O5S/c1-3-30-25(38)33-21-10-15(23-32-20(13-40-23)26(27,28)29)17(11-31-21)14-5-6-19-16(9-14)22(35)18(24(36)37)12-34(19)7-4-8-39-2/h5-6,9-13H,3-4,7-8H2,1-2H3,(H,36,37)(H2,30,31,33,38). The second kappa shape index (κ2) is 11.8. The van der Waals surface area contributed by atoms with E-state index in [1.807, 2.05) is 0 Å². The molecule has 2 amide bonds. The molecule has 0 spiro atoms. The number of amides is 2. The van der Waals surface area contributed by atoms with E-state index in [0.717, 1.165) is 16.7 Å². The van der Waals surface area contributed by atoms with Gasteiger partial charge in [-0.25, -0.2) is 19.6 Å². The SMILES string of the molecule is CCNC(=O)Nc1cc(-c2nc(C(F)(F)F)cs2)c(-c2ccc3c(c2)c(=O)c(C(=O)O)cn3CCCOC)cn1. The largest absolute Gasteiger partial charge is 0.477 e. The number of pyridine rings is 2. The zero-order chi connectivity index (χ0) is 29.0. The molecule has 0 fully saturated rings. The van der Waals surface area contributed by atoms with Crippen molar-refractivity contribution in [2.75, 3.05) is 25.6 Å². The molecule has 3 heterocycles. The highest BCUT2D eigenvalue weighted by molar-refractivity contribution is 7.13. The lowest BCUT2D eigenvalue weighted by Gasteiger charge is -2.15. The first-order valence-electron chi connectivity index (χ1n) is 12.0. The van der Waals surface area contributed by atoms with Gasteiger partial charge in [-0.15, -0.1) is 11.3 Å². The highest BCUT2D eigenvalue weighted by atomic mass is 32.1. The van der Waals surface area contributed by atoms with E-state index < -0.39 is 34.9 Å². The number of alkyl halides is 3. The van der Waals surface area contributed by atoms with Crippen molar-refractivity contribution in [1.29, 1.82) is 0 Å². The number of anilines is 1. The monoisotopic (exact) mass is 575 g/mol. The Balaban J connectivity index is 1.90. The number of methoxy groups -OCH3 is 1. The van der Waals surface area contributed by atoms with E-state index in [-0.39, 0.29) is 21.8 Å². The van der Waals surface area contributed by atoms with Gasteiger partial charge in [-0.05, 0) is 37.1 Å². The predicted molar refractivity (Wildman–Crippen MR) is 144 cm³/mol. The van der Waals surface area contributed by atoms with E-state index in [1.165, 1.54) is 24.5 Å². The van der Waals surface area contributed by atoms with Crippen LogP contribution in [0.2, 0.25) is 0 Å². The molecule has 1 aromatic carbocycles. The molecule has 0 saturated heterocycles. The number of aromatic nitrogens is 3. The Bertz CT molecular complexity index is 1630. The lowest BCUT2D eigenvalue weighted by atomic mass is 9.99. The quantitative estimate of drug-likeness (QED) is 0.237. The molecule has 0 bridgehead atoms. The van der Waals surface area contributed by atoms with Crippen molar-refractivity contribution in [3.8, 4) is 21.7 Å². The molecule has 0 saturated carbocycles. The molecule has 0 radical (unpaired) electrons. The van der Waals surface area contributed by atoms with Crippen LogP contribution < -0.4 is 16.1 Å². The number of ether oxygens (including phenoxy) is 1. The summed E-state index contributed by atoms with van der Waals surface area (Å²) in [6.45, 7) is 2.87. The van der Waals surface area contributed by atoms with Gasteiger partial charge in [0.2, 0.25) is 5.43 Å². The molecule has 0 aliphatic heterocycles. The number of nitrogens with zero attached hydrogens (tertiary/aromatic N) is 3. The maximum Gasteiger partial charge on any atom is 0.434 e. The van der Waals surface area contributed by atoms with Crippen LogP contribution in [0.1, 0.15) is 29.4 Å². The molecule has 3 aromatic heterocycles. The third-order valence-electron chi connectivity index (χ3n) is 5.88. The van der Waals surface area contributed by atoms with E-state index >= 15 is 0 Å². The molecule has 10 nitrogen and oxygen atoms in total. The van der Waals surface area contributed by atoms with Gasteiger partial charge >= 0.3 is 18.2 Å². The fourth-order valence-electron chi connectivity index (χ4n) is 4.06. The van der Waals surface area contributed by atoms with Crippen LogP contribution in [0.5, 0.6) is 0 Å². The first kappa shape index (κ1) is 28.7. The maximum atomic E-state index is 13.3. The zero-order valence-corrected chi connectivity index (χ0v) is 22.2. The summed E-state index contributed by atoms with van der Waals surface area (Å²) in [4.78, 5) is 44.9. The zero-order valence-electron chi connectivity index (χ0n) is 21.3. The van der Waals surface area contributed by atoms with Crippen molar-refractivity contribution in [3.05, 3.63) is 63.5 Å². The molecule has 4 aromatic rings. The van der Waals surface area contributed by atoms with Gasteiger partial charge in [-0.3, -0.25) is 10.1 Å². The van der Waals surface area contributed by atoms with Crippen molar-refractivity contribution < 1.29 is 32.6 Å². The Morgan fingerprint density at radius 1 is 1.20 bits per heavy atom. The molecule has 0 unspecified atom stereocenters. The summed E-state index contributed by atoms with van der Waals surface area (Å²) in [5.41, 5.74) is -0.758. The molecular weight excluding hydrogens is 551 g/mol. The number of fused-ring (bicyclic) bond motifs is 1. The van der Waals surface area contributed by atoms with Crippen LogP contribution in [-0.4, -0.2) is 51.9 Å². The first-order chi connectivity index (χ1) is 19.0. The molecule has 4 rings (SSSR count). The Labute approximate surface area is 229 Å². The minimum atomic E-state index is -4.66. The van der Waals surface area contributed by atoms with Crippen molar-refractivity contribution >= 4 is 40.1 Å². The van der Waals surface area contributed by atoms with Gasteiger partial charge in [0, 0.05) is 61.1 Å². The Kier molecular flexibility index (Phi) is 8.49. The number of aromatic carboxylic acids is 1. The second-order valence-corrected chi connectivity index (χ2v) is 9.44. The van der Waals surface area contributed by atoms with Gasteiger partial charge in [-0.2, -0.15) is 13.2 Å². The van der Waals surface area contributed by atoms with Gasteiger partial charge < -0.3 is 19.7 Å². The average molecular weight is 576 g/mol. The summed E-state index contributed by atoms with van der Waals surface area (Å²) in [5, 5.41) is 15.7. The maximum absolute atomic E-state index is 13.3. The van der Waals surface area contributed by atoms with Gasteiger partial charge in [-0.1, -0.05) is 6.07 Å². The van der Waals surface area contributed by atoms with E-state index in [2.05, 4.69) is 20.6 Å². The molecule has 0 aliphatic rings. The fraction of sp³-hybridized carbons (Fsp3) is 0.269. The van der Waals surface area contributed by atoms with Crippen LogP contribution in [0.25, 0.3) is 32.6 Å². The molecule has 40 heavy (non-hydrogen) atoms. The van der Waals surface area contributed by atoms with E-state index in [4.69, 9.17) is 4.74 Å². The number of rotatable bonds is 9. The van der Waals surface area contributed by atoms with Crippen LogP contribution in [0.3, 0.4) is 0 Å². The topological polar surface area (TPSA) is 135 Å². The Hall–Kier alpha value is -4.30. The lowest BCUT2D eigenvalue weighted by molar-refractivity contribution is -0.140. The van der Waals surface area contributed by atoms with Crippen LogP contribution in [0.15, 0.2) is 46.8 Å². The average Bonchev–Trinajstić information content (AvgIpc) is 3.41. The highest BCUT2D eigenvalue weighted by Gasteiger charge is 2.34. The minimum absolute atomic E-state index is 0.0139. The fourth-order valence-corrected chi connectivity index (χ4v) is 4.92. The molecule has 3 N–H and O–H groups in total. The third kappa shape index (κ3) is 6.13. The van der Waals surface area contributed by atoms with Crippen LogP contribution in [0, 0.1) is 0 Å². The highest BCUT2D eigenvalue weighted by Crippen LogP contribution is 2.39. The molecular formula is C26H24F3N5O5S. The van der Waals surface area contributed by atoms with Crippen LogP contribution >= 0.6 is 11.3 Å². The number of thiazole rings is 1. The summed E-state index contributed by atoms with van der Waals surface area (Å²) in [7, 11) is 1.54.